The van der Waals surface area contributed by atoms with Gasteiger partial charge in [0.15, 0.2) is 0 Å². The van der Waals surface area contributed by atoms with Crippen molar-refractivity contribution in [3.8, 4) is 28.4 Å². The predicted molar refractivity (Wildman–Crippen MR) is 346 cm³/mol. The minimum absolute atomic E-state index is 0. The smallest absolute Gasteiger partial charge is 0.135 e. The van der Waals surface area contributed by atoms with E-state index in [-0.39, 0.29) is 59.0 Å². The molecule has 0 amide bonds. The van der Waals surface area contributed by atoms with E-state index in [9.17, 15) is 0 Å². The fourth-order valence-electron chi connectivity index (χ4n) is 16.7. The number of hydrogen-bond acceptors (Lipinski definition) is 4. The van der Waals surface area contributed by atoms with E-state index in [2.05, 4.69) is 291 Å². The van der Waals surface area contributed by atoms with Gasteiger partial charge < -0.3 is 19.1 Å². The van der Waals surface area contributed by atoms with Crippen molar-refractivity contribution in [1.82, 2.24) is 9.55 Å². The van der Waals surface area contributed by atoms with E-state index in [1.54, 1.807) is 0 Å². The number of hydrogen-bond donors (Lipinski definition) is 0. The summed E-state index contributed by atoms with van der Waals surface area (Å²) in [7, 11) is 0. The van der Waals surface area contributed by atoms with Gasteiger partial charge in [0.05, 0.1) is 0 Å². The second-order valence-corrected chi connectivity index (χ2v) is 28.8. The third kappa shape index (κ3) is 10.4. The quantitative estimate of drug-likeness (QED) is 0.128. The Labute approximate surface area is 514 Å². The van der Waals surface area contributed by atoms with Gasteiger partial charge in [0.25, 0.3) is 0 Å². The summed E-state index contributed by atoms with van der Waals surface area (Å²) in [5, 5.41) is 2.24. The second kappa shape index (κ2) is 21.1. The van der Waals surface area contributed by atoms with Gasteiger partial charge in [-0.1, -0.05) is 203 Å². The minimum Gasteiger partial charge on any atom is -0.509 e. The summed E-state index contributed by atoms with van der Waals surface area (Å²) in [5.41, 5.74) is 15.0. The Morgan fingerprint density at radius 3 is 1.56 bits per heavy atom. The van der Waals surface area contributed by atoms with Crippen molar-refractivity contribution in [2.45, 2.75) is 131 Å². The van der Waals surface area contributed by atoms with Crippen LogP contribution in [0.4, 0.5) is 22.7 Å². The van der Waals surface area contributed by atoms with Crippen molar-refractivity contribution < 1.29 is 25.8 Å². The molecular formula is C78H79N4OPt-3. The molecule has 2 aliphatic carbocycles. The van der Waals surface area contributed by atoms with Gasteiger partial charge in [0.1, 0.15) is 5.82 Å². The number of aromatic nitrogens is 2. The van der Waals surface area contributed by atoms with Crippen molar-refractivity contribution in [3.63, 3.8) is 0 Å². The molecule has 3 heterocycles. The Balaban J connectivity index is 0.00000694. The zero-order valence-electron chi connectivity index (χ0n) is 50.9. The molecule has 0 unspecified atom stereocenters. The van der Waals surface area contributed by atoms with Gasteiger partial charge in [-0.2, -0.15) is 12.1 Å². The first kappa shape index (κ1) is 57.2. The zero-order valence-corrected chi connectivity index (χ0v) is 53.2. The summed E-state index contributed by atoms with van der Waals surface area (Å²) in [6.45, 7) is 29.3. The zero-order chi connectivity index (χ0) is 57.7. The maximum atomic E-state index is 6.91. The third-order valence-corrected chi connectivity index (χ3v) is 18.4. The van der Waals surface area contributed by atoms with Crippen LogP contribution in [-0.4, -0.2) is 9.55 Å². The van der Waals surface area contributed by atoms with Crippen molar-refractivity contribution in [1.29, 1.82) is 0 Å². The molecule has 0 radical (unpaired) electrons. The molecule has 0 bridgehead atoms. The van der Waals surface area contributed by atoms with Crippen LogP contribution in [0, 0.1) is 40.5 Å². The molecule has 3 aliphatic rings. The number of rotatable bonds is 10. The minimum atomic E-state index is -0.371. The number of para-hydroxylation sites is 3. The first-order chi connectivity index (χ1) is 39.6. The molecule has 84 heavy (non-hydrogen) atoms. The number of pyridine rings is 1. The molecule has 0 saturated heterocycles. The third-order valence-electron chi connectivity index (χ3n) is 18.4. The van der Waals surface area contributed by atoms with Gasteiger partial charge in [-0.3, -0.25) is 0 Å². The molecule has 0 spiro atoms. The fourth-order valence-corrected chi connectivity index (χ4v) is 16.7. The fraction of sp³-hybridized carbons (Fsp3) is 0.308. The Morgan fingerprint density at radius 2 is 0.988 bits per heavy atom. The molecule has 5 nitrogen and oxygen atoms in total. The molecular weight excluding hydrogens is 1200 g/mol. The molecule has 13 rings (SSSR count). The molecule has 0 N–H and O–H groups in total. The van der Waals surface area contributed by atoms with Crippen molar-refractivity contribution in [3.05, 3.63) is 247 Å². The Morgan fingerprint density at radius 1 is 0.476 bits per heavy atom. The standard InChI is InChI=1S/C78H79N4O.Pt/c1-72(2,3)58-40-41-79-70(44-58)82-66-35-22-21-34-62(66)63-39-38-61(46-69(63)82)83-60-33-25-32-59(45-60)80-53-81(68-37-24-23-36-67(68)80)71-64(77(56-28-17-13-18-29-56)49-73(4,5)47-74(6,7)50-77)42-55(54-26-15-12-16-27-54)43-65(71)78(57-30-19-14-20-31-57)51-75(8,9)48-76(10,11)52-78;/h12-44,53H,47-52H2,1-11H3;/q-3;. The van der Waals surface area contributed by atoms with E-state index in [4.69, 9.17) is 9.72 Å². The van der Waals surface area contributed by atoms with Crippen LogP contribution in [0.5, 0.6) is 11.5 Å². The van der Waals surface area contributed by atoms with Crippen molar-refractivity contribution in [2.75, 3.05) is 9.80 Å². The van der Waals surface area contributed by atoms with E-state index in [1.165, 1.54) is 44.6 Å². The van der Waals surface area contributed by atoms with Crippen LogP contribution < -0.4 is 14.5 Å². The van der Waals surface area contributed by atoms with Gasteiger partial charge in [-0.25, -0.2) is 4.98 Å². The van der Waals surface area contributed by atoms with Crippen LogP contribution in [0.15, 0.2) is 200 Å². The molecule has 2 aromatic heterocycles. The van der Waals surface area contributed by atoms with Gasteiger partial charge in [-0.15, -0.1) is 48.1 Å². The van der Waals surface area contributed by atoms with Gasteiger partial charge in [-0.05, 0) is 152 Å². The Bertz CT molecular complexity index is 3920. The van der Waals surface area contributed by atoms with Crippen LogP contribution in [0.25, 0.3) is 38.8 Å². The van der Waals surface area contributed by atoms with E-state index < -0.39 is 0 Å². The number of anilines is 4. The van der Waals surface area contributed by atoms with E-state index in [0.717, 1.165) is 83.2 Å². The topological polar surface area (TPSA) is 33.5 Å². The van der Waals surface area contributed by atoms with Crippen LogP contribution in [0.3, 0.4) is 0 Å². The SMILES string of the molecule is CC1(C)CC(C)(C)CC(c2ccccc2)(c2cc(-c3ccccc3)cc(C3(c4ccccc4)CC(C)(C)CC(C)(C)C3)c2N2[CH-]N(c3[c-]c(Oc4[c-]c5c(cc4)c4ccccc4n5-c4cc(C(C)(C)C)ccn4)ccc3)c3ccccc32)C1.[Pt]. The summed E-state index contributed by atoms with van der Waals surface area (Å²) in [6, 6.07) is 79.5. The van der Waals surface area contributed by atoms with E-state index >= 15 is 0 Å². The van der Waals surface area contributed by atoms with Crippen LogP contribution in [0.1, 0.15) is 143 Å². The van der Waals surface area contributed by atoms with Gasteiger partial charge >= 0.3 is 0 Å². The van der Waals surface area contributed by atoms with Gasteiger partial charge in [0.2, 0.25) is 0 Å². The number of benzene rings is 8. The monoisotopic (exact) mass is 1280 g/mol. The van der Waals surface area contributed by atoms with Crippen LogP contribution in [0.2, 0.25) is 0 Å². The number of fused-ring (bicyclic) bond motifs is 4. The molecule has 430 valence electrons. The van der Waals surface area contributed by atoms with Crippen molar-refractivity contribution in [2.24, 2.45) is 21.7 Å². The largest absolute Gasteiger partial charge is 0.509 e. The summed E-state index contributed by atoms with van der Waals surface area (Å²) in [4.78, 5) is 9.88. The summed E-state index contributed by atoms with van der Waals surface area (Å²) < 4.78 is 9.13. The first-order valence-electron chi connectivity index (χ1n) is 30.1. The molecule has 1 aliphatic heterocycles. The Hall–Kier alpha value is -7.20. The van der Waals surface area contributed by atoms with Crippen LogP contribution >= 0.6 is 0 Å². The van der Waals surface area contributed by atoms with Gasteiger partial charge in [0, 0.05) is 72.2 Å². The first-order valence-corrected chi connectivity index (χ1v) is 30.1. The molecule has 6 heteroatoms. The second-order valence-electron chi connectivity index (χ2n) is 28.8. The van der Waals surface area contributed by atoms with Crippen LogP contribution in [-0.2, 0) is 37.3 Å². The summed E-state index contributed by atoms with van der Waals surface area (Å²) in [6.07, 6.45) is 8.22. The number of ether oxygens (including phenoxy) is 1. The van der Waals surface area contributed by atoms with E-state index in [0.29, 0.717) is 11.5 Å². The number of nitrogens with zero attached hydrogens (tertiary/aromatic N) is 4. The molecule has 10 aromatic rings. The average Bonchev–Trinajstić information content (AvgIpc) is 0.934. The molecule has 8 aromatic carbocycles. The Kier molecular flexibility index (Phi) is 14.4. The summed E-state index contributed by atoms with van der Waals surface area (Å²) >= 11 is 0. The predicted octanol–water partition coefficient (Wildman–Crippen LogP) is 21.0. The van der Waals surface area contributed by atoms with E-state index in [1.807, 2.05) is 18.3 Å². The maximum Gasteiger partial charge on any atom is 0.135 e. The summed E-state index contributed by atoms with van der Waals surface area (Å²) in [5.74, 6) is 2.07. The normalized spacial score (nSPS) is 18.3. The van der Waals surface area contributed by atoms with Crippen molar-refractivity contribution >= 4 is 44.6 Å². The average molecular weight is 1280 g/mol. The molecule has 2 saturated carbocycles. The molecule has 2 fully saturated rings. The maximum absolute atomic E-state index is 6.91. The molecule has 0 atom stereocenters.